The molecular formula is C21H17FN2O5S. The largest absolute Gasteiger partial charge is 0.457 e. The number of carbonyl (C=O) groups excluding carboxylic acids is 2. The van der Waals surface area contributed by atoms with E-state index in [-0.39, 0.29) is 22.8 Å². The Bertz CT molecular complexity index is 1180. The first-order valence-electron chi connectivity index (χ1n) is 8.69. The van der Waals surface area contributed by atoms with Crippen molar-refractivity contribution in [3.63, 3.8) is 0 Å². The van der Waals surface area contributed by atoms with Gasteiger partial charge in [-0.15, -0.1) is 0 Å². The summed E-state index contributed by atoms with van der Waals surface area (Å²) in [6.45, 7) is -0.0668. The number of nitrogens with two attached hydrogens (primary N) is 1. The van der Waals surface area contributed by atoms with Gasteiger partial charge in [-0.2, -0.15) is 0 Å². The summed E-state index contributed by atoms with van der Waals surface area (Å²) in [5.41, 5.74) is 6.37. The SMILES string of the molecule is NC(=O)c1ccc(COC(=O)c2cccc(S(=O)(=O)Nc3ccc(F)cc3)c2)cc1. The molecule has 0 heterocycles. The lowest BCUT2D eigenvalue weighted by molar-refractivity contribution is 0.0472. The van der Waals surface area contributed by atoms with Gasteiger partial charge >= 0.3 is 5.97 Å². The molecule has 0 saturated heterocycles. The number of halogens is 1. The number of carbonyl (C=O) groups is 2. The average molecular weight is 428 g/mol. The highest BCUT2D eigenvalue weighted by Gasteiger charge is 2.17. The Hall–Kier alpha value is -3.72. The molecule has 0 fully saturated rings. The molecule has 0 bridgehead atoms. The number of sulfonamides is 1. The number of ether oxygens (including phenoxy) is 1. The topological polar surface area (TPSA) is 116 Å². The maximum Gasteiger partial charge on any atom is 0.338 e. The summed E-state index contributed by atoms with van der Waals surface area (Å²) in [5.74, 6) is -1.77. The molecule has 30 heavy (non-hydrogen) atoms. The molecule has 0 aliphatic carbocycles. The number of esters is 1. The smallest absolute Gasteiger partial charge is 0.338 e. The van der Waals surface area contributed by atoms with Crippen LogP contribution in [0.1, 0.15) is 26.3 Å². The fourth-order valence-corrected chi connectivity index (χ4v) is 3.62. The highest BCUT2D eigenvalue weighted by atomic mass is 32.2. The lowest BCUT2D eigenvalue weighted by Gasteiger charge is -2.10. The van der Waals surface area contributed by atoms with Crippen molar-refractivity contribution in [2.75, 3.05) is 4.72 Å². The number of primary amides is 1. The Kier molecular flexibility index (Phi) is 6.12. The lowest BCUT2D eigenvalue weighted by atomic mass is 10.1. The van der Waals surface area contributed by atoms with Gasteiger partial charge in [0, 0.05) is 11.3 Å². The molecular weight excluding hydrogens is 411 g/mol. The highest BCUT2D eigenvalue weighted by molar-refractivity contribution is 7.92. The van der Waals surface area contributed by atoms with Crippen molar-refractivity contribution in [3.8, 4) is 0 Å². The molecule has 154 valence electrons. The van der Waals surface area contributed by atoms with E-state index in [1.165, 1.54) is 48.5 Å². The van der Waals surface area contributed by atoms with Crippen LogP contribution in [0, 0.1) is 5.82 Å². The van der Waals surface area contributed by atoms with Crippen molar-refractivity contribution >= 4 is 27.6 Å². The number of hydrogen-bond acceptors (Lipinski definition) is 5. The monoisotopic (exact) mass is 428 g/mol. The fourth-order valence-electron chi connectivity index (χ4n) is 2.52. The number of anilines is 1. The van der Waals surface area contributed by atoms with Gasteiger partial charge in [0.15, 0.2) is 0 Å². The van der Waals surface area contributed by atoms with Crippen molar-refractivity contribution in [2.24, 2.45) is 5.73 Å². The third-order valence-corrected chi connectivity index (χ3v) is 5.46. The van der Waals surface area contributed by atoms with Crippen LogP contribution in [0.15, 0.2) is 77.7 Å². The number of benzene rings is 3. The van der Waals surface area contributed by atoms with Gasteiger partial charge in [0.25, 0.3) is 10.0 Å². The number of amides is 1. The standard InChI is InChI=1S/C21H17FN2O5S/c22-17-8-10-18(11-9-17)24-30(27,28)19-3-1-2-16(12-19)21(26)29-13-14-4-6-15(7-5-14)20(23)25/h1-12,24H,13H2,(H2,23,25). The first kappa shape index (κ1) is 21.0. The van der Waals surface area contributed by atoms with Gasteiger partial charge in [-0.05, 0) is 60.2 Å². The van der Waals surface area contributed by atoms with Crippen LogP contribution < -0.4 is 10.5 Å². The molecule has 0 aliphatic rings. The molecule has 9 heteroatoms. The summed E-state index contributed by atoms with van der Waals surface area (Å²) >= 11 is 0. The minimum absolute atomic E-state index is 0.0470. The van der Waals surface area contributed by atoms with Gasteiger partial charge in [-0.25, -0.2) is 17.6 Å². The molecule has 0 saturated carbocycles. The minimum atomic E-state index is -3.99. The maximum atomic E-state index is 13.0. The minimum Gasteiger partial charge on any atom is -0.457 e. The summed E-state index contributed by atoms with van der Waals surface area (Å²) in [5, 5.41) is 0. The molecule has 0 radical (unpaired) electrons. The van der Waals surface area contributed by atoms with Crippen molar-refractivity contribution < 1.29 is 27.1 Å². The van der Waals surface area contributed by atoms with E-state index in [0.717, 1.165) is 12.1 Å². The zero-order valence-electron chi connectivity index (χ0n) is 15.5. The number of nitrogens with one attached hydrogen (secondary N) is 1. The van der Waals surface area contributed by atoms with Gasteiger partial charge in [0.05, 0.1) is 10.5 Å². The van der Waals surface area contributed by atoms with Crippen molar-refractivity contribution in [2.45, 2.75) is 11.5 Å². The van der Waals surface area contributed by atoms with Crippen LogP contribution in [0.3, 0.4) is 0 Å². The second-order valence-electron chi connectivity index (χ2n) is 6.28. The molecule has 3 aromatic carbocycles. The van der Waals surface area contributed by atoms with Crippen LogP contribution >= 0.6 is 0 Å². The normalized spacial score (nSPS) is 11.0. The Morgan fingerprint density at radius 1 is 0.933 bits per heavy atom. The first-order valence-corrected chi connectivity index (χ1v) is 10.2. The van der Waals surface area contributed by atoms with Crippen LogP contribution in [-0.4, -0.2) is 20.3 Å². The number of rotatable bonds is 7. The summed E-state index contributed by atoms with van der Waals surface area (Å²) in [6.07, 6.45) is 0. The quantitative estimate of drug-likeness (QED) is 0.561. The summed E-state index contributed by atoms with van der Waals surface area (Å²) in [7, 11) is -3.99. The van der Waals surface area contributed by atoms with E-state index in [4.69, 9.17) is 10.5 Å². The third kappa shape index (κ3) is 5.21. The zero-order valence-corrected chi connectivity index (χ0v) is 16.4. The molecule has 0 aromatic heterocycles. The lowest BCUT2D eigenvalue weighted by Crippen LogP contribution is -2.14. The van der Waals surface area contributed by atoms with E-state index in [1.54, 1.807) is 12.1 Å². The molecule has 7 nitrogen and oxygen atoms in total. The molecule has 0 unspecified atom stereocenters. The Balaban J connectivity index is 1.69. The van der Waals surface area contributed by atoms with Gasteiger partial charge < -0.3 is 10.5 Å². The van der Waals surface area contributed by atoms with Crippen molar-refractivity contribution in [1.29, 1.82) is 0 Å². The van der Waals surface area contributed by atoms with Crippen LogP contribution in [-0.2, 0) is 21.4 Å². The Morgan fingerprint density at radius 3 is 2.23 bits per heavy atom. The molecule has 3 aromatic rings. The van der Waals surface area contributed by atoms with Crippen LogP contribution in [0.25, 0.3) is 0 Å². The summed E-state index contributed by atoms with van der Waals surface area (Å²) in [4.78, 5) is 23.2. The molecule has 3 rings (SSSR count). The molecule has 0 spiro atoms. The highest BCUT2D eigenvalue weighted by Crippen LogP contribution is 2.18. The molecule has 0 atom stereocenters. The van der Waals surface area contributed by atoms with Gasteiger partial charge in [-0.3, -0.25) is 9.52 Å². The molecule has 3 N–H and O–H groups in total. The van der Waals surface area contributed by atoms with Crippen molar-refractivity contribution in [1.82, 2.24) is 0 Å². The number of hydrogen-bond donors (Lipinski definition) is 2. The zero-order chi connectivity index (χ0) is 21.7. The van der Waals surface area contributed by atoms with Gasteiger partial charge in [0.2, 0.25) is 5.91 Å². The molecule has 1 amide bonds. The predicted molar refractivity (Wildman–Crippen MR) is 108 cm³/mol. The van der Waals surface area contributed by atoms with Gasteiger partial charge in [-0.1, -0.05) is 18.2 Å². The Labute approximate surface area is 172 Å². The van der Waals surface area contributed by atoms with Crippen molar-refractivity contribution in [3.05, 3.63) is 95.3 Å². The summed E-state index contributed by atoms with van der Waals surface area (Å²) < 4.78 is 45.6. The molecule has 0 aliphatic heterocycles. The maximum absolute atomic E-state index is 13.0. The van der Waals surface area contributed by atoms with Gasteiger partial charge in [0.1, 0.15) is 12.4 Å². The Morgan fingerprint density at radius 2 is 1.60 bits per heavy atom. The fraction of sp³-hybridized carbons (Fsp3) is 0.0476. The van der Waals surface area contributed by atoms with E-state index >= 15 is 0 Å². The van der Waals surface area contributed by atoms with E-state index < -0.39 is 27.7 Å². The van der Waals surface area contributed by atoms with Crippen LogP contribution in [0.2, 0.25) is 0 Å². The summed E-state index contributed by atoms with van der Waals surface area (Å²) in [6, 6.07) is 16.4. The third-order valence-electron chi connectivity index (χ3n) is 4.08. The second kappa shape index (κ2) is 8.75. The van der Waals surface area contributed by atoms with Crippen LogP contribution in [0.4, 0.5) is 10.1 Å². The van der Waals surface area contributed by atoms with E-state index in [1.807, 2.05) is 0 Å². The van der Waals surface area contributed by atoms with E-state index in [0.29, 0.717) is 11.1 Å². The van der Waals surface area contributed by atoms with E-state index in [9.17, 15) is 22.4 Å². The first-order chi connectivity index (χ1) is 14.2. The predicted octanol–water partition coefficient (Wildman–Crippen LogP) is 3.08. The average Bonchev–Trinajstić information content (AvgIpc) is 2.74. The second-order valence-corrected chi connectivity index (χ2v) is 7.96. The van der Waals surface area contributed by atoms with Crippen LogP contribution in [0.5, 0.6) is 0 Å². The van der Waals surface area contributed by atoms with E-state index in [2.05, 4.69) is 4.72 Å².